The Morgan fingerprint density at radius 2 is 1.54 bits per heavy atom. The molecule has 1 saturated carbocycles. The number of carbonyl (C=O) groups excluding carboxylic acids is 2. The smallest absolute Gasteiger partial charge is 0.254 e. The van der Waals surface area contributed by atoms with Crippen LogP contribution in [0.15, 0.2) is 85.1 Å². The second kappa shape index (κ2) is 9.98. The molecular formula is C32H31N3O4. The fraction of sp³-hybridized carbons (Fsp3) is 0.250. The summed E-state index contributed by atoms with van der Waals surface area (Å²) >= 11 is 0. The number of carbonyl (C=O) groups is 2. The fourth-order valence-electron chi connectivity index (χ4n) is 5.40. The maximum Gasteiger partial charge on any atom is 0.254 e. The minimum absolute atomic E-state index is 0.0274. The summed E-state index contributed by atoms with van der Waals surface area (Å²) in [6, 6.07) is 25.1. The number of nitrogens with zero attached hydrogens (tertiary/aromatic N) is 3. The van der Waals surface area contributed by atoms with Gasteiger partial charge in [0.2, 0.25) is 5.91 Å². The number of para-hydroxylation sites is 2. The van der Waals surface area contributed by atoms with Crippen LogP contribution in [0.5, 0.6) is 11.5 Å². The molecule has 0 spiro atoms. The first-order valence-corrected chi connectivity index (χ1v) is 13.2. The molecule has 2 heterocycles. The van der Waals surface area contributed by atoms with Crippen molar-refractivity contribution < 1.29 is 19.1 Å². The third-order valence-corrected chi connectivity index (χ3v) is 7.53. The average Bonchev–Trinajstić information content (AvgIpc) is 3.69. The second-order valence-electron chi connectivity index (χ2n) is 10.1. The van der Waals surface area contributed by atoms with E-state index in [1.807, 2.05) is 41.4 Å². The van der Waals surface area contributed by atoms with Gasteiger partial charge in [-0.1, -0.05) is 42.0 Å². The van der Waals surface area contributed by atoms with E-state index >= 15 is 0 Å². The van der Waals surface area contributed by atoms with Crippen LogP contribution in [0, 0.1) is 6.92 Å². The normalized spacial score (nSPS) is 15.8. The highest BCUT2D eigenvalue weighted by Crippen LogP contribution is 2.42. The first-order chi connectivity index (χ1) is 19.0. The number of anilines is 1. The molecule has 0 saturated heterocycles. The van der Waals surface area contributed by atoms with E-state index < -0.39 is 0 Å². The van der Waals surface area contributed by atoms with Crippen LogP contribution in [0.3, 0.4) is 0 Å². The number of aryl methyl sites for hydroxylation is 1. The monoisotopic (exact) mass is 521 g/mol. The molecule has 1 unspecified atom stereocenters. The number of ether oxygens (including phenoxy) is 2. The van der Waals surface area contributed by atoms with Crippen molar-refractivity contribution in [2.24, 2.45) is 0 Å². The van der Waals surface area contributed by atoms with Crippen LogP contribution in [0.1, 0.15) is 46.1 Å². The maximum atomic E-state index is 14.3. The molecule has 3 aromatic carbocycles. The molecule has 0 bridgehead atoms. The van der Waals surface area contributed by atoms with Crippen LogP contribution in [-0.4, -0.2) is 48.1 Å². The number of methoxy groups -OCH3 is 2. The Morgan fingerprint density at radius 3 is 2.18 bits per heavy atom. The van der Waals surface area contributed by atoms with Crippen molar-refractivity contribution in [3.8, 4) is 17.2 Å². The summed E-state index contributed by atoms with van der Waals surface area (Å²) in [7, 11) is 3.11. The summed E-state index contributed by atoms with van der Waals surface area (Å²) in [5, 5.41) is 0. The quantitative estimate of drug-likeness (QED) is 0.320. The van der Waals surface area contributed by atoms with E-state index in [-0.39, 0.29) is 30.4 Å². The lowest BCUT2D eigenvalue weighted by atomic mass is 9.97. The van der Waals surface area contributed by atoms with E-state index in [2.05, 4.69) is 41.8 Å². The lowest BCUT2D eigenvalue weighted by Crippen LogP contribution is -2.47. The standard InChI is InChI=1S/C32H31N3O4/c1-21-10-12-22(13-11-21)31-29-9-6-16-33(29)27-7-4-5-8-28(27)35(31)30(36)20-34(24-14-15-24)32(37)23-17-25(38-2)19-26(18-23)39-3/h4-13,16-19,24,31H,14-15,20H2,1-3H3. The number of aromatic nitrogens is 1. The average molecular weight is 522 g/mol. The Hall–Kier alpha value is -4.52. The number of amides is 2. The molecule has 1 atom stereocenters. The van der Waals surface area contributed by atoms with Crippen molar-refractivity contribution in [3.63, 3.8) is 0 Å². The Labute approximate surface area is 228 Å². The highest BCUT2D eigenvalue weighted by atomic mass is 16.5. The van der Waals surface area contributed by atoms with E-state index in [4.69, 9.17) is 9.47 Å². The summed E-state index contributed by atoms with van der Waals surface area (Å²) in [5.41, 5.74) is 5.38. The van der Waals surface area contributed by atoms with Crippen molar-refractivity contribution in [2.45, 2.75) is 31.8 Å². The van der Waals surface area contributed by atoms with Gasteiger partial charge in [0.1, 0.15) is 24.1 Å². The van der Waals surface area contributed by atoms with Gasteiger partial charge < -0.3 is 18.9 Å². The van der Waals surface area contributed by atoms with Crippen molar-refractivity contribution in [3.05, 3.63) is 107 Å². The minimum atomic E-state index is -0.323. The van der Waals surface area contributed by atoms with Crippen LogP contribution < -0.4 is 14.4 Å². The van der Waals surface area contributed by atoms with Crippen molar-refractivity contribution >= 4 is 17.5 Å². The van der Waals surface area contributed by atoms with Gasteiger partial charge >= 0.3 is 0 Å². The van der Waals surface area contributed by atoms with Gasteiger partial charge in [0.25, 0.3) is 5.91 Å². The Balaban J connectivity index is 1.39. The zero-order valence-electron chi connectivity index (χ0n) is 22.3. The van der Waals surface area contributed by atoms with Gasteiger partial charge in [-0.3, -0.25) is 14.5 Å². The molecule has 6 rings (SSSR count). The first kappa shape index (κ1) is 24.8. The van der Waals surface area contributed by atoms with E-state index in [9.17, 15) is 9.59 Å². The fourth-order valence-corrected chi connectivity index (χ4v) is 5.40. The van der Waals surface area contributed by atoms with Crippen molar-refractivity contribution in [1.82, 2.24) is 9.47 Å². The number of hydrogen-bond donors (Lipinski definition) is 0. The molecule has 2 amide bonds. The Bertz CT molecular complexity index is 1520. The van der Waals surface area contributed by atoms with Crippen LogP contribution in [0.4, 0.5) is 5.69 Å². The molecule has 7 nitrogen and oxygen atoms in total. The number of benzene rings is 3. The number of rotatable bonds is 7. The largest absolute Gasteiger partial charge is 0.497 e. The van der Waals surface area contributed by atoms with Crippen molar-refractivity contribution in [2.75, 3.05) is 25.7 Å². The summed E-state index contributed by atoms with van der Waals surface area (Å²) in [6.07, 6.45) is 3.79. The molecule has 39 heavy (non-hydrogen) atoms. The lowest BCUT2D eigenvalue weighted by molar-refractivity contribution is -0.119. The summed E-state index contributed by atoms with van der Waals surface area (Å²) in [4.78, 5) is 31.7. The SMILES string of the molecule is COc1cc(OC)cc(C(=O)N(CC(=O)N2c3ccccc3-n3cccc3C2c2ccc(C)cc2)C2CC2)c1. The summed E-state index contributed by atoms with van der Waals surface area (Å²) in [6.45, 7) is 2.03. The third kappa shape index (κ3) is 4.54. The van der Waals surface area contributed by atoms with Crippen LogP contribution in [0.25, 0.3) is 5.69 Å². The maximum absolute atomic E-state index is 14.3. The second-order valence-corrected chi connectivity index (χ2v) is 10.1. The van der Waals surface area contributed by atoms with Gasteiger partial charge in [-0.05, 0) is 61.7 Å². The van der Waals surface area contributed by atoms with Gasteiger partial charge in [0.15, 0.2) is 0 Å². The molecule has 2 aliphatic rings. The van der Waals surface area contributed by atoms with Gasteiger partial charge in [0.05, 0.1) is 31.3 Å². The zero-order valence-corrected chi connectivity index (χ0v) is 22.3. The highest BCUT2D eigenvalue weighted by molar-refractivity contribution is 6.03. The zero-order chi connectivity index (χ0) is 27.1. The van der Waals surface area contributed by atoms with E-state index in [1.54, 1.807) is 37.3 Å². The van der Waals surface area contributed by atoms with E-state index in [0.29, 0.717) is 17.1 Å². The first-order valence-electron chi connectivity index (χ1n) is 13.2. The topological polar surface area (TPSA) is 64.0 Å². The van der Waals surface area contributed by atoms with Gasteiger partial charge in [-0.15, -0.1) is 0 Å². The van der Waals surface area contributed by atoms with E-state index in [0.717, 1.165) is 41.0 Å². The molecule has 7 heteroatoms. The summed E-state index contributed by atoms with van der Waals surface area (Å²) < 4.78 is 12.9. The minimum Gasteiger partial charge on any atom is -0.497 e. The molecule has 0 N–H and O–H groups in total. The molecule has 1 aromatic heterocycles. The molecule has 1 fully saturated rings. The van der Waals surface area contributed by atoms with Crippen LogP contribution >= 0.6 is 0 Å². The Morgan fingerprint density at radius 1 is 0.872 bits per heavy atom. The third-order valence-electron chi connectivity index (χ3n) is 7.53. The predicted molar refractivity (Wildman–Crippen MR) is 150 cm³/mol. The highest BCUT2D eigenvalue weighted by Gasteiger charge is 2.40. The molecule has 4 aromatic rings. The molecule has 1 aliphatic heterocycles. The van der Waals surface area contributed by atoms with Gasteiger partial charge in [0, 0.05) is 23.9 Å². The lowest BCUT2D eigenvalue weighted by Gasteiger charge is -2.39. The molecule has 198 valence electrons. The van der Waals surface area contributed by atoms with Crippen molar-refractivity contribution in [1.29, 1.82) is 0 Å². The van der Waals surface area contributed by atoms with Gasteiger partial charge in [-0.25, -0.2) is 0 Å². The molecule has 1 aliphatic carbocycles. The Kier molecular flexibility index (Phi) is 6.35. The predicted octanol–water partition coefficient (Wildman–Crippen LogP) is 5.54. The van der Waals surface area contributed by atoms with Crippen LogP contribution in [-0.2, 0) is 4.79 Å². The van der Waals surface area contributed by atoms with E-state index in [1.165, 1.54) is 0 Å². The molecule has 0 radical (unpaired) electrons. The van der Waals surface area contributed by atoms with Crippen LogP contribution in [0.2, 0.25) is 0 Å². The van der Waals surface area contributed by atoms with Gasteiger partial charge in [-0.2, -0.15) is 0 Å². The molecular weight excluding hydrogens is 490 g/mol. The number of hydrogen-bond acceptors (Lipinski definition) is 4. The number of fused-ring (bicyclic) bond motifs is 3. The summed E-state index contributed by atoms with van der Waals surface area (Å²) in [5.74, 6) is 0.731.